The van der Waals surface area contributed by atoms with Crippen molar-refractivity contribution in [1.82, 2.24) is 0 Å². The Morgan fingerprint density at radius 3 is 2.35 bits per heavy atom. The Hall–Kier alpha value is -1.25. The van der Waals surface area contributed by atoms with Crippen LogP contribution in [0.2, 0.25) is 0 Å². The highest BCUT2D eigenvalue weighted by Crippen LogP contribution is 2.75. The molecule has 5 nitrogen and oxygen atoms in total. The fourth-order valence-electron chi connectivity index (χ4n) is 11.9. The van der Waals surface area contributed by atoms with E-state index in [1.165, 1.54) is 5.57 Å². The molecule has 7 rings (SSSR count). The molecule has 5 aliphatic carbocycles. The molecule has 0 N–H and O–H groups in total. The minimum Gasteiger partial charge on any atom is -0.446 e. The Morgan fingerprint density at radius 2 is 1.65 bits per heavy atom. The Balaban J connectivity index is 1.18. The van der Waals surface area contributed by atoms with Crippen LogP contribution in [-0.2, 0) is 23.8 Å². The van der Waals surface area contributed by atoms with Gasteiger partial charge in [-0.2, -0.15) is 0 Å². The van der Waals surface area contributed by atoms with Crippen LogP contribution in [0, 0.1) is 50.2 Å². The van der Waals surface area contributed by atoms with Crippen LogP contribution in [-0.4, -0.2) is 37.2 Å². The summed E-state index contributed by atoms with van der Waals surface area (Å²) in [6.07, 6.45) is 11.7. The molecule has 6 heteroatoms. The highest BCUT2D eigenvalue weighted by atomic mass is 127. The summed E-state index contributed by atoms with van der Waals surface area (Å²) in [5.41, 5.74) is 1.65. The van der Waals surface area contributed by atoms with Crippen molar-refractivity contribution in [3.63, 3.8) is 0 Å². The van der Waals surface area contributed by atoms with Gasteiger partial charge in [-0.1, -0.05) is 77.4 Å². The van der Waals surface area contributed by atoms with Crippen molar-refractivity contribution in [2.75, 3.05) is 13.2 Å². The summed E-state index contributed by atoms with van der Waals surface area (Å²) in [6.45, 7) is 18.3. The summed E-state index contributed by atoms with van der Waals surface area (Å²) in [4.78, 5) is 28.7. The molecule has 0 aromatic heterocycles. The van der Waals surface area contributed by atoms with E-state index in [0.717, 1.165) is 70.0 Å². The van der Waals surface area contributed by atoms with Crippen molar-refractivity contribution < 1.29 is 23.8 Å². The second-order valence-corrected chi connectivity index (χ2v) is 19.2. The largest absolute Gasteiger partial charge is 0.446 e. The first kappa shape index (κ1) is 33.3. The van der Waals surface area contributed by atoms with Gasteiger partial charge in [0, 0.05) is 11.5 Å². The SMILES string of the molecule is CC1(C)[C@@H](OCC2CO2)CC[C@]2(C)[C@H]3C(=O)C=C4[C@@H]5C[C@@](C)(C(=O)OC(I)c6ccccc6)CC[C@]5(C)CC[C@@]4(C)[C@]3(C)CC[C@@H]12. The lowest BCUT2D eigenvalue weighted by molar-refractivity contribution is -0.209. The van der Waals surface area contributed by atoms with Gasteiger partial charge < -0.3 is 14.2 Å². The van der Waals surface area contributed by atoms with Gasteiger partial charge in [0.25, 0.3) is 0 Å². The van der Waals surface area contributed by atoms with Gasteiger partial charge in [0.2, 0.25) is 0 Å². The molecular weight excluding hydrogens is 687 g/mol. The molecule has 46 heavy (non-hydrogen) atoms. The van der Waals surface area contributed by atoms with Gasteiger partial charge in [-0.3, -0.25) is 9.59 Å². The predicted octanol–water partition coefficient (Wildman–Crippen LogP) is 9.43. The average molecular weight is 743 g/mol. The number of rotatable bonds is 6. The molecule has 1 saturated heterocycles. The van der Waals surface area contributed by atoms with Gasteiger partial charge in [0.05, 0.1) is 24.7 Å². The second kappa shape index (κ2) is 11.1. The van der Waals surface area contributed by atoms with Crippen LogP contribution in [0.25, 0.3) is 0 Å². The van der Waals surface area contributed by atoms with Gasteiger partial charge in [0.15, 0.2) is 9.89 Å². The fraction of sp³-hybridized carbons (Fsp3) is 0.750. The van der Waals surface area contributed by atoms with Gasteiger partial charge >= 0.3 is 5.97 Å². The maximum atomic E-state index is 14.8. The molecule has 252 valence electrons. The third-order valence-electron chi connectivity index (χ3n) is 15.2. The first-order chi connectivity index (χ1) is 21.6. The van der Waals surface area contributed by atoms with Gasteiger partial charge in [-0.25, -0.2) is 0 Å². The normalized spacial score (nSPS) is 46.5. The summed E-state index contributed by atoms with van der Waals surface area (Å²) in [6, 6.07) is 10.0. The number of carbonyl (C=O) groups excluding carboxylic acids is 2. The summed E-state index contributed by atoms with van der Waals surface area (Å²) < 4.78 is 17.8. The first-order valence-electron chi connectivity index (χ1n) is 18.0. The van der Waals surface area contributed by atoms with Crippen molar-refractivity contribution in [3.05, 3.63) is 47.5 Å². The zero-order valence-corrected chi connectivity index (χ0v) is 31.3. The second-order valence-electron chi connectivity index (χ2n) is 18.0. The zero-order valence-electron chi connectivity index (χ0n) is 29.1. The number of fused-ring (bicyclic) bond motifs is 7. The van der Waals surface area contributed by atoms with Crippen molar-refractivity contribution in [1.29, 1.82) is 0 Å². The molecule has 0 spiro atoms. The molecule has 0 radical (unpaired) electrons. The lowest BCUT2D eigenvalue weighted by Crippen LogP contribution is -2.66. The fourth-order valence-corrected chi connectivity index (χ4v) is 12.6. The number of allylic oxidation sites excluding steroid dienone is 2. The van der Waals surface area contributed by atoms with Crippen LogP contribution in [0.5, 0.6) is 0 Å². The maximum absolute atomic E-state index is 14.8. The van der Waals surface area contributed by atoms with Crippen LogP contribution in [0.4, 0.5) is 0 Å². The summed E-state index contributed by atoms with van der Waals surface area (Å²) in [7, 11) is 0. The van der Waals surface area contributed by atoms with Crippen molar-refractivity contribution >= 4 is 34.3 Å². The Bertz CT molecular complexity index is 1420. The van der Waals surface area contributed by atoms with E-state index >= 15 is 0 Å². The third kappa shape index (κ3) is 4.95. The number of hydrogen-bond donors (Lipinski definition) is 0. The minimum absolute atomic E-state index is 0.00134. The molecule has 2 unspecified atom stereocenters. The Labute approximate surface area is 290 Å². The van der Waals surface area contributed by atoms with Crippen molar-refractivity contribution in [2.45, 2.75) is 123 Å². The van der Waals surface area contributed by atoms with E-state index in [-0.39, 0.29) is 61.2 Å². The number of esters is 1. The van der Waals surface area contributed by atoms with Crippen LogP contribution >= 0.6 is 22.6 Å². The Kier molecular flexibility index (Phi) is 8.05. The summed E-state index contributed by atoms with van der Waals surface area (Å²) in [5.74, 6) is 0.902. The molecule has 1 aromatic carbocycles. The van der Waals surface area contributed by atoms with Gasteiger partial charge in [-0.05, 0) is 132 Å². The van der Waals surface area contributed by atoms with Crippen LogP contribution in [0.3, 0.4) is 0 Å². The number of hydrogen-bond acceptors (Lipinski definition) is 5. The van der Waals surface area contributed by atoms with E-state index in [9.17, 15) is 9.59 Å². The minimum atomic E-state index is -0.570. The first-order valence-corrected chi connectivity index (χ1v) is 19.2. The number of epoxide rings is 1. The lowest BCUT2D eigenvalue weighted by atomic mass is 9.33. The molecule has 11 atom stereocenters. The highest BCUT2D eigenvalue weighted by Gasteiger charge is 2.70. The number of alkyl halides is 1. The lowest BCUT2D eigenvalue weighted by Gasteiger charge is -2.70. The topological polar surface area (TPSA) is 65.1 Å². The van der Waals surface area contributed by atoms with Crippen LogP contribution in [0.15, 0.2) is 42.0 Å². The summed E-state index contributed by atoms with van der Waals surface area (Å²) in [5, 5.41) is 0. The predicted molar refractivity (Wildman–Crippen MR) is 188 cm³/mol. The molecule has 4 saturated carbocycles. The van der Waals surface area contributed by atoms with E-state index in [4.69, 9.17) is 14.2 Å². The van der Waals surface area contributed by atoms with Crippen LogP contribution < -0.4 is 0 Å². The molecule has 1 aliphatic heterocycles. The molecule has 0 bridgehead atoms. The van der Waals surface area contributed by atoms with Crippen molar-refractivity contribution in [2.24, 2.45) is 50.2 Å². The van der Waals surface area contributed by atoms with Gasteiger partial charge in [0.1, 0.15) is 6.10 Å². The Morgan fingerprint density at radius 1 is 0.957 bits per heavy atom. The summed E-state index contributed by atoms with van der Waals surface area (Å²) >= 11 is 2.24. The number of carbonyl (C=O) groups is 2. The molecule has 1 heterocycles. The number of ether oxygens (including phenoxy) is 3. The number of halogens is 1. The molecule has 1 aromatic rings. The van der Waals surface area contributed by atoms with E-state index in [1.54, 1.807) is 0 Å². The maximum Gasteiger partial charge on any atom is 0.313 e. The third-order valence-corrected chi connectivity index (χ3v) is 16.1. The quantitative estimate of drug-likeness (QED) is 0.126. The number of benzene rings is 1. The molecule has 0 amide bonds. The van der Waals surface area contributed by atoms with E-state index in [1.807, 2.05) is 30.3 Å². The van der Waals surface area contributed by atoms with E-state index in [0.29, 0.717) is 18.3 Å². The zero-order chi connectivity index (χ0) is 32.9. The smallest absolute Gasteiger partial charge is 0.313 e. The van der Waals surface area contributed by atoms with Crippen molar-refractivity contribution in [3.8, 4) is 0 Å². The highest BCUT2D eigenvalue weighted by molar-refractivity contribution is 14.1. The van der Waals surface area contributed by atoms with Gasteiger partial charge in [-0.15, -0.1) is 0 Å². The monoisotopic (exact) mass is 742 g/mol. The standard InChI is InChI=1S/C40H55IO5/c1-35(2)30-13-16-40(7)32(38(30,5)15-14-31(35)45-24-26-23-44-26)29(42)21-27-28-22-37(4,18-17-36(28,3)19-20-39(27,40)6)34(43)46-33(41)25-11-9-8-10-12-25/h8-12,21,26,28,30-33H,13-20,22-24H2,1-7H3/t26?,28-,30-,31-,32+,33?,36+,37-,38-,39+,40+/m0/s1. The van der Waals surface area contributed by atoms with Crippen LogP contribution in [0.1, 0.15) is 116 Å². The average Bonchev–Trinajstić information content (AvgIpc) is 3.83. The molecular formula is C40H55IO5. The molecule has 5 fully saturated rings. The van der Waals surface area contributed by atoms with E-state index < -0.39 is 5.41 Å². The van der Waals surface area contributed by atoms with E-state index in [2.05, 4.69) is 77.1 Å². The number of ketones is 1. The molecule has 6 aliphatic rings.